The Kier molecular flexibility index (Phi) is 4.51. The molecule has 1 aliphatic heterocycles. The number of rotatable bonds is 6. The Morgan fingerprint density at radius 1 is 1.26 bits per heavy atom. The fraction of sp³-hybridized carbons (Fsp3) is 0.316. The Bertz CT molecular complexity index is 694. The molecule has 1 aliphatic rings. The summed E-state index contributed by atoms with van der Waals surface area (Å²) in [6.45, 7) is 2.21. The summed E-state index contributed by atoms with van der Waals surface area (Å²) < 4.78 is 10.8. The second-order valence-corrected chi connectivity index (χ2v) is 5.86. The maximum absolute atomic E-state index is 11.5. The molecule has 0 bridgehead atoms. The first-order valence-corrected chi connectivity index (χ1v) is 7.87. The van der Waals surface area contributed by atoms with Gasteiger partial charge in [0.05, 0.1) is 6.10 Å². The number of esters is 1. The fourth-order valence-corrected chi connectivity index (χ4v) is 2.82. The quantitative estimate of drug-likeness (QED) is 0.823. The van der Waals surface area contributed by atoms with E-state index in [2.05, 4.69) is 12.1 Å². The first-order valence-electron chi connectivity index (χ1n) is 7.87. The molecule has 1 heterocycles. The van der Waals surface area contributed by atoms with Crippen LogP contribution in [0.3, 0.4) is 0 Å². The van der Waals surface area contributed by atoms with Crippen molar-refractivity contribution in [2.45, 2.75) is 38.9 Å². The molecule has 3 rings (SSSR count). The van der Waals surface area contributed by atoms with Crippen molar-refractivity contribution in [3.05, 3.63) is 59.2 Å². The molecular formula is C19H20O4. The van der Waals surface area contributed by atoms with Crippen LogP contribution in [-0.2, 0) is 17.8 Å². The second-order valence-electron chi connectivity index (χ2n) is 5.86. The summed E-state index contributed by atoms with van der Waals surface area (Å²) in [4.78, 5) is 11.5. The third kappa shape index (κ3) is 3.65. The summed E-state index contributed by atoms with van der Waals surface area (Å²) in [5.74, 6) is 0.0307. The molecule has 23 heavy (non-hydrogen) atoms. The summed E-state index contributed by atoms with van der Waals surface area (Å²) in [5.41, 5.74) is 2.26. The second kappa shape index (κ2) is 6.73. The molecule has 0 amide bonds. The molecule has 0 spiro atoms. The summed E-state index contributed by atoms with van der Waals surface area (Å²) in [6.07, 6.45) is 3.01. The largest absolute Gasteiger partial charge is 0.507 e. The number of ether oxygens (including phenoxy) is 2. The number of aryl methyl sites for hydroxylation is 1. The number of hydrogen-bond acceptors (Lipinski definition) is 4. The van der Waals surface area contributed by atoms with E-state index in [1.807, 2.05) is 25.1 Å². The van der Waals surface area contributed by atoms with Crippen LogP contribution < -0.4 is 4.74 Å². The van der Waals surface area contributed by atoms with E-state index >= 15 is 0 Å². The zero-order valence-electron chi connectivity index (χ0n) is 13.1. The maximum Gasteiger partial charge on any atom is 0.342 e. The van der Waals surface area contributed by atoms with Crippen LogP contribution in [0.15, 0.2) is 42.5 Å². The highest BCUT2D eigenvalue weighted by atomic mass is 16.5. The highest BCUT2D eigenvalue weighted by Gasteiger charge is 2.26. The van der Waals surface area contributed by atoms with Gasteiger partial charge in [-0.25, -0.2) is 4.79 Å². The number of hydrogen-bond donors (Lipinski definition) is 1. The number of phenolic OH excluding ortho intramolecular Hbond substituents is 1. The zero-order valence-corrected chi connectivity index (χ0v) is 13.1. The molecule has 0 aliphatic carbocycles. The molecule has 0 aromatic heterocycles. The minimum Gasteiger partial charge on any atom is -0.507 e. The number of cyclic esters (lactones) is 1. The molecule has 1 N–H and O–H groups in total. The highest BCUT2D eigenvalue weighted by Crippen LogP contribution is 2.33. The Balaban J connectivity index is 1.55. The molecule has 120 valence electrons. The van der Waals surface area contributed by atoms with E-state index in [9.17, 15) is 9.90 Å². The van der Waals surface area contributed by atoms with Gasteiger partial charge in [-0.05, 0) is 37.8 Å². The summed E-state index contributed by atoms with van der Waals surface area (Å²) >= 11 is 0. The van der Waals surface area contributed by atoms with Gasteiger partial charge in [-0.15, -0.1) is 0 Å². The van der Waals surface area contributed by atoms with Crippen LogP contribution in [0.1, 0.15) is 41.3 Å². The Hall–Kier alpha value is -2.49. The molecule has 0 fully saturated rings. The third-order valence-electron chi connectivity index (χ3n) is 3.99. The van der Waals surface area contributed by atoms with Crippen molar-refractivity contribution in [2.24, 2.45) is 0 Å². The van der Waals surface area contributed by atoms with E-state index < -0.39 is 5.97 Å². The molecule has 4 heteroatoms. The standard InChI is InChI=1S/C19H20O4/c1-13(6-5-9-14-7-3-2-4-8-14)23-16-10-15-12-22-19(21)18(15)17(20)11-16/h2-4,7-8,10-11,13,20H,5-6,9,12H2,1H3. The van der Waals surface area contributed by atoms with Gasteiger partial charge in [0, 0.05) is 11.6 Å². The summed E-state index contributed by atoms with van der Waals surface area (Å²) in [5, 5.41) is 9.94. The van der Waals surface area contributed by atoms with Crippen molar-refractivity contribution in [1.29, 1.82) is 0 Å². The minimum atomic E-state index is -0.472. The van der Waals surface area contributed by atoms with Gasteiger partial charge < -0.3 is 14.6 Å². The van der Waals surface area contributed by atoms with Crippen molar-refractivity contribution < 1.29 is 19.4 Å². The van der Waals surface area contributed by atoms with Crippen LogP contribution in [0, 0.1) is 0 Å². The van der Waals surface area contributed by atoms with Crippen molar-refractivity contribution in [1.82, 2.24) is 0 Å². The average Bonchev–Trinajstić information content (AvgIpc) is 2.90. The van der Waals surface area contributed by atoms with Gasteiger partial charge >= 0.3 is 5.97 Å². The number of carbonyl (C=O) groups excluding carboxylic acids is 1. The molecule has 0 radical (unpaired) electrons. The van der Waals surface area contributed by atoms with Gasteiger partial charge in [-0.3, -0.25) is 0 Å². The van der Waals surface area contributed by atoms with Gasteiger partial charge in [-0.1, -0.05) is 30.3 Å². The monoisotopic (exact) mass is 312 g/mol. The third-order valence-corrected chi connectivity index (χ3v) is 3.99. The number of benzene rings is 2. The molecule has 0 saturated heterocycles. The molecule has 2 aromatic carbocycles. The van der Waals surface area contributed by atoms with E-state index in [0.29, 0.717) is 11.3 Å². The normalized spacial score (nSPS) is 14.2. The minimum absolute atomic E-state index is 0.0363. The van der Waals surface area contributed by atoms with Gasteiger partial charge in [0.25, 0.3) is 0 Å². The lowest BCUT2D eigenvalue weighted by atomic mass is 10.1. The number of aromatic hydroxyl groups is 1. The number of phenols is 1. The maximum atomic E-state index is 11.5. The Labute approximate surface area is 135 Å². The average molecular weight is 312 g/mol. The van der Waals surface area contributed by atoms with E-state index in [1.165, 1.54) is 11.6 Å². The zero-order chi connectivity index (χ0) is 16.2. The van der Waals surface area contributed by atoms with Crippen LogP contribution in [0.5, 0.6) is 11.5 Å². The van der Waals surface area contributed by atoms with Gasteiger partial charge in [-0.2, -0.15) is 0 Å². The Morgan fingerprint density at radius 2 is 2.04 bits per heavy atom. The van der Waals surface area contributed by atoms with Crippen LogP contribution >= 0.6 is 0 Å². The van der Waals surface area contributed by atoms with E-state index in [0.717, 1.165) is 19.3 Å². The SMILES string of the molecule is CC(CCCc1ccccc1)Oc1cc(O)c2c(c1)COC2=O. The van der Waals surface area contributed by atoms with Crippen molar-refractivity contribution in [2.75, 3.05) is 0 Å². The molecule has 0 saturated carbocycles. The lowest BCUT2D eigenvalue weighted by Gasteiger charge is -2.15. The van der Waals surface area contributed by atoms with Crippen LogP contribution in [0.25, 0.3) is 0 Å². The van der Waals surface area contributed by atoms with Crippen LogP contribution in [0.2, 0.25) is 0 Å². The smallest absolute Gasteiger partial charge is 0.342 e. The highest BCUT2D eigenvalue weighted by molar-refractivity contribution is 5.96. The first kappa shape index (κ1) is 15.4. The van der Waals surface area contributed by atoms with Crippen molar-refractivity contribution in [3.63, 3.8) is 0 Å². The first-order chi connectivity index (χ1) is 11.1. The fourth-order valence-electron chi connectivity index (χ4n) is 2.82. The van der Waals surface area contributed by atoms with Gasteiger partial charge in [0.2, 0.25) is 0 Å². The Morgan fingerprint density at radius 3 is 2.83 bits per heavy atom. The van der Waals surface area contributed by atoms with E-state index in [4.69, 9.17) is 9.47 Å². The van der Waals surface area contributed by atoms with Crippen molar-refractivity contribution in [3.8, 4) is 11.5 Å². The van der Waals surface area contributed by atoms with Crippen LogP contribution in [-0.4, -0.2) is 17.2 Å². The van der Waals surface area contributed by atoms with Crippen molar-refractivity contribution >= 4 is 5.97 Å². The van der Waals surface area contributed by atoms with Gasteiger partial charge in [0.1, 0.15) is 23.7 Å². The molecular weight excluding hydrogens is 292 g/mol. The molecule has 1 unspecified atom stereocenters. The van der Waals surface area contributed by atoms with E-state index in [-0.39, 0.29) is 24.0 Å². The van der Waals surface area contributed by atoms with Gasteiger partial charge in [0.15, 0.2) is 0 Å². The number of fused-ring (bicyclic) bond motifs is 1. The summed E-state index contributed by atoms with van der Waals surface area (Å²) in [7, 11) is 0. The topological polar surface area (TPSA) is 55.8 Å². The summed E-state index contributed by atoms with van der Waals surface area (Å²) in [6, 6.07) is 13.6. The number of carbonyl (C=O) groups is 1. The lowest BCUT2D eigenvalue weighted by molar-refractivity contribution is 0.0533. The predicted octanol–water partition coefficient (Wildman–Crippen LogP) is 3.85. The molecule has 4 nitrogen and oxygen atoms in total. The lowest BCUT2D eigenvalue weighted by Crippen LogP contribution is -2.12. The predicted molar refractivity (Wildman–Crippen MR) is 86.7 cm³/mol. The molecule has 2 aromatic rings. The van der Waals surface area contributed by atoms with Crippen LogP contribution in [0.4, 0.5) is 0 Å². The molecule has 1 atom stereocenters. The van der Waals surface area contributed by atoms with E-state index in [1.54, 1.807) is 6.07 Å².